The fourth-order valence-corrected chi connectivity index (χ4v) is 1.89. The largest absolute Gasteiger partial charge is 0.298 e. The first-order valence-electron chi connectivity index (χ1n) is 5.19. The summed E-state index contributed by atoms with van der Waals surface area (Å²) >= 11 is 5.93. The molecule has 6 heteroatoms. The molecule has 0 aliphatic heterocycles. The first-order valence-corrected chi connectivity index (χ1v) is 5.56. The van der Waals surface area contributed by atoms with Crippen LogP contribution in [0.1, 0.15) is 10.4 Å². The lowest BCUT2D eigenvalue weighted by Gasteiger charge is -2.03. The highest BCUT2D eigenvalue weighted by Crippen LogP contribution is 2.20. The van der Waals surface area contributed by atoms with Crippen molar-refractivity contribution >= 4 is 29.1 Å². The molecular formula is C12H7ClN4O. The Kier molecular flexibility index (Phi) is 2.53. The lowest BCUT2D eigenvalue weighted by atomic mass is 10.2. The van der Waals surface area contributed by atoms with Gasteiger partial charge in [-0.05, 0) is 24.3 Å². The van der Waals surface area contributed by atoms with Gasteiger partial charge in [-0.1, -0.05) is 11.6 Å². The molecular weight excluding hydrogens is 252 g/mol. The zero-order valence-corrected chi connectivity index (χ0v) is 9.87. The van der Waals surface area contributed by atoms with Crippen molar-refractivity contribution < 1.29 is 4.79 Å². The van der Waals surface area contributed by atoms with Crippen molar-refractivity contribution in [1.82, 2.24) is 19.5 Å². The fraction of sp³-hybridized carbons (Fsp3) is 0. The van der Waals surface area contributed by atoms with Crippen LogP contribution in [0.15, 0.2) is 36.9 Å². The summed E-state index contributed by atoms with van der Waals surface area (Å²) in [5, 5.41) is 0.322. The summed E-state index contributed by atoms with van der Waals surface area (Å²) in [6.07, 6.45) is 3.82. The van der Waals surface area contributed by atoms with Gasteiger partial charge in [-0.15, -0.1) is 0 Å². The lowest BCUT2D eigenvalue weighted by molar-refractivity contribution is 0.112. The minimum absolute atomic E-state index is 0.322. The number of rotatable bonds is 2. The second-order valence-electron chi connectivity index (χ2n) is 3.66. The number of fused-ring (bicyclic) bond motifs is 1. The van der Waals surface area contributed by atoms with Crippen LogP contribution in [0.5, 0.6) is 0 Å². The number of hydrogen-bond donors (Lipinski definition) is 0. The van der Waals surface area contributed by atoms with E-state index in [2.05, 4.69) is 15.0 Å². The van der Waals surface area contributed by atoms with Crippen LogP contribution in [-0.4, -0.2) is 25.8 Å². The SMILES string of the molecule is O=Cc1ccc(-n2cnc3c(Cl)ncnc32)cc1. The molecule has 0 spiro atoms. The molecule has 0 bridgehead atoms. The maximum absolute atomic E-state index is 10.6. The van der Waals surface area contributed by atoms with Crippen LogP contribution in [0, 0.1) is 0 Å². The molecule has 88 valence electrons. The van der Waals surface area contributed by atoms with Gasteiger partial charge in [0, 0.05) is 11.3 Å². The van der Waals surface area contributed by atoms with Crippen LogP contribution in [0.4, 0.5) is 0 Å². The number of carbonyl (C=O) groups excluding carboxylic acids is 1. The molecule has 0 fully saturated rings. The molecule has 0 saturated carbocycles. The monoisotopic (exact) mass is 258 g/mol. The normalized spacial score (nSPS) is 10.7. The number of aromatic nitrogens is 4. The molecule has 18 heavy (non-hydrogen) atoms. The first kappa shape index (κ1) is 10.9. The highest BCUT2D eigenvalue weighted by molar-refractivity contribution is 6.33. The minimum Gasteiger partial charge on any atom is -0.298 e. The number of nitrogens with zero attached hydrogens (tertiary/aromatic N) is 4. The number of hydrogen-bond acceptors (Lipinski definition) is 4. The Morgan fingerprint density at radius 2 is 1.89 bits per heavy atom. The van der Waals surface area contributed by atoms with Crippen LogP contribution in [0.25, 0.3) is 16.9 Å². The van der Waals surface area contributed by atoms with Crippen molar-refractivity contribution in [1.29, 1.82) is 0 Å². The second-order valence-corrected chi connectivity index (χ2v) is 4.02. The predicted molar refractivity (Wildman–Crippen MR) is 67.1 cm³/mol. The fourth-order valence-electron chi connectivity index (χ4n) is 1.71. The van der Waals surface area contributed by atoms with Gasteiger partial charge in [0.2, 0.25) is 0 Å². The summed E-state index contributed by atoms with van der Waals surface area (Å²) in [5.74, 6) is 0. The van der Waals surface area contributed by atoms with Crippen molar-refractivity contribution in [3.05, 3.63) is 47.6 Å². The van der Waals surface area contributed by atoms with E-state index in [1.165, 1.54) is 6.33 Å². The van der Waals surface area contributed by atoms with E-state index in [-0.39, 0.29) is 0 Å². The van der Waals surface area contributed by atoms with Crippen LogP contribution in [0.2, 0.25) is 5.15 Å². The highest BCUT2D eigenvalue weighted by atomic mass is 35.5. The zero-order chi connectivity index (χ0) is 12.5. The van der Waals surface area contributed by atoms with Gasteiger partial charge in [-0.3, -0.25) is 9.36 Å². The van der Waals surface area contributed by atoms with Crippen molar-refractivity contribution in [2.24, 2.45) is 0 Å². The van der Waals surface area contributed by atoms with E-state index in [0.717, 1.165) is 12.0 Å². The Bertz CT molecular complexity index is 721. The van der Waals surface area contributed by atoms with Crippen LogP contribution in [-0.2, 0) is 0 Å². The number of carbonyl (C=O) groups is 1. The third kappa shape index (κ3) is 1.65. The number of imidazole rings is 1. The summed E-state index contributed by atoms with van der Waals surface area (Å²) in [4.78, 5) is 22.8. The summed E-state index contributed by atoms with van der Waals surface area (Å²) in [5.41, 5.74) is 2.67. The van der Waals surface area contributed by atoms with Crippen LogP contribution < -0.4 is 0 Å². The average Bonchev–Trinajstić information content (AvgIpc) is 2.84. The Morgan fingerprint density at radius 1 is 1.11 bits per heavy atom. The van der Waals surface area contributed by atoms with Gasteiger partial charge in [0.15, 0.2) is 10.8 Å². The van der Waals surface area contributed by atoms with E-state index in [0.29, 0.717) is 21.9 Å². The number of halogens is 1. The second kappa shape index (κ2) is 4.19. The molecule has 0 atom stereocenters. The molecule has 0 aliphatic carbocycles. The van der Waals surface area contributed by atoms with E-state index in [4.69, 9.17) is 11.6 Å². The summed E-state index contributed by atoms with van der Waals surface area (Å²) < 4.78 is 1.79. The van der Waals surface area contributed by atoms with Gasteiger partial charge in [-0.25, -0.2) is 15.0 Å². The molecule has 0 amide bonds. The molecule has 2 aromatic heterocycles. The van der Waals surface area contributed by atoms with E-state index < -0.39 is 0 Å². The quantitative estimate of drug-likeness (QED) is 0.523. The van der Waals surface area contributed by atoms with Gasteiger partial charge in [0.25, 0.3) is 0 Å². The first-order chi connectivity index (χ1) is 8.79. The molecule has 2 heterocycles. The molecule has 0 aliphatic rings. The smallest absolute Gasteiger partial charge is 0.169 e. The van der Waals surface area contributed by atoms with Crippen molar-refractivity contribution in [3.8, 4) is 5.69 Å². The van der Waals surface area contributed by atoms with E-state index in [9.17, 15) is 4.79 Å². The van der Waals surface area contributed by atoms with Gasteiger partial charge in [0.1, 0.15) is 24.5 Å². The van der Waals surface area contributed by atoms with E-state index >= 15 is 0 Å². The summed E-state index contributed by atoms with van der Waals surface area (Å²) in [7, 11) is 0. The molecule has 0 radical (unpaired) electrons. The number of benzene rings is 1. The topological polar surface area (TPSA) is 60.7 Å². The summed E-state index contributed by atoms with van der Waals surface area (Å²) in [6, 6.07) is 7.11. The Labute approximate surface area is 107 Å². The lowest BCUT2D eigenvalue weighted by Crippen LogP contribution is -1.94. The van der Waals surface area contributed by atoms with Gasteiger partial charge in [0.05, 0.1) is 0 Å². The van der Waals surface area contributed by atoms with Gasteiger partial charge in [-0.2, -0.15) is 0 Å². The molecule has 5 nitrogen and oxygen atoms in total. The maximum atomic E-state index is 10.6. The third-order valence-corrected chi connectivity index (χ3v) is 2.87. The van der Waals surface area contributed by atoms with Crippen LogP contribution in [0.3, 0.4) is 0 Å². The van der Waals surface area contributed by atoms with Crippen LogP contribution >= 0.6 is 11.6 Å². The Balaban J connectivity index is 2.19. The molecule has 0 saturated heterocycles. The van der Waals surface area contributed by atoms with Crippen molar-refractivity contribution in [2.75, 3.05) is 0 Å². The van der Waals surface area contributed by atoms with E-state index in [1.807, 2.05) is 12.1 Å². The minimum atomic E-state index is 0.322. The molecule has 0 N–H and O–H groups in total. The van der Waals surface area contributed by atoms with Gasteiger partial charge >= 0.3 is 0 Å². The standard InChI is InChI=1S/C12H7ClN4O/c13-11-10-12(15-6-14-11)17(7-16-10)9-3-1-8(5-18)2-4-9/h1-7H. The Morgan fingerprint density at radius 3 is 2.61 bits per heavy atom. The molecule has 3 aromatic rings. The molecule has 3 rings (SSSR count). The van der Waals surface area contributed by atoms with Gasteiger partial charge < -0.3 is 0 Å². The Hall–Kier alpha value is -2.27. The maximum Gasteiger partial charge on any atom is 0.169 e. The predicted octanol–water partition coefficient (Wildman–Crippen LogP) is 2.28. The average molecular weight is 259 g/mol. The van der Waals surface area contributed by atoms with Crippen molar-refractivity contribution in [2.45, 2.75) is 0 Å². The van der Waals surface area contributed by atoms with Crippen molar-refractivity contribution in [3.63, 3.8) is 0 Å². The summed E-state index contributed by atoms with van der Waals surface area (Å²) in [6.45, 7) is 0. The molecule has 1 aromatic carbocycles. The van der Waals surface area contributed by atoms with E-state index in [1.54, 1.807) is 23.0 Å². The third-order valence-electron chi connectivity index (χ3n) is 2.60. The number of aldehydes is 1. The zero-order valence-electron chi connectivity index (χ0n) is 9.12. The highest BCUT2D eigenvalue weighted by Gasteiger charge is 2.09. The molecule has 0 unspecified atom stereocenters.